The van der Waals surface area contributed by atoms with Gasteiger partial charge in [0, 0.05) is 34.7 Å². The number of pyridine rings is 4. The summed E-state index contributed by atoms with van der Waals surface area (Å²) in [5.41, 5.74) is 10.2. The Bertz CT molecular complexity index is 2010. The van der Waals surface area contributed by atoms with Crippen LogP contribution >= 0.6 is 11.3 Å². The first-order valence-corrected chi connectivity index (χ1v) is 17.3. The van der Waals surface area contributed by atoms with E-state index in [9.17, 15) is 0 Å². The van der Waals surface area contributed by atoms with E-state index in [1.165, 1.54) is 47.8 Å². The number of aryl methyl sites for hydroxylation is 1. The molecule has 7 aromatic heterocycles. The second-order valence-electron chi connectivity index (χ2n) is 11.3. The largest absolute Gasteiger partial charge is 2.00 e. The second-order valence-corrected chi connectivity index (χ2v) is 12.2. The summed E-state index contributed by atoms with van der Waals surface area (Å²) in [7, 11) is 0. The number of unbranched alkanes of at least 4 members (excludes halogenated alkanes) is 3. The Hall–Kier alpha value is -5.29. The topological polar surface area (TPSA) is 104 Å². The molecule has 0 atom stereocenters. The summed E-state index contributed by atoms with van der Waals surface area (Å²) in [6.45, 7) is 2.26. The first kappa shape index (κ1) is 36.0. The van der Waals surface area contributed by atoms with Crippen molar-refractivity contribution in [3.8, 4) is 62.1 Å². The summed E-state index contributed by atoms with van der Waals surface area (Å²) in [6, 6.07) is 31.7. The molecule has 0 aliphatic rings. The van der Waals surface area contributed by atoms with Crippen molar-refractivity contribution in [2.45, 2.75) is 39.0 Å². The normalized spacial score (nSPS) is 10.6. The van der Waals surface area contributed by atoms with E-state index in [4.69, 9.17) is 10.2 Å². The maximum Gasteiger partial charge on any atom is 2.00 e. The Balaban J connectivity index is 0.000000195. The molecule has 7 aromatic rings. The van der Waals surface area contributed by atoms with Crippen LogP contribution < -0.4 is 9.97 Å². The molecular formula is C41H35N7RuS. The van der Waals surface area contributed by atoms with Gasteiger partial charge in [-0.15, -0.1) is 22.7 Å². The zero-order chi connectivity index (χ0) is 33.7. The third-order valence-corrected chi connectivity index (χ3v) is 8.82. The van der Waals surface area contributed by atoms with Gasteiger partial charge in [0.1, 0.15) is 0 Å². The van der Waals surface area contributed by atoms with Gasteiger partial charge in [-0.05, 0) is 95.6 Å². The quantitative estimate of drug-likeness (QED) is 0.0735. The van der Waals surface area contributed by atoms with Gasteiger partial charge in [0.2, 0.25) is 0 Å². The molecule has 0 N–H and O–H groups in total. The average Bonchev–Trinajstić information content (AvgIpc) is 3.98. The van der Waals surface area contributed by atoms with E-state index in [1.807, 2.05) is 103 Å². The molecule has 0 aliphatic heterocycles. The Labute approximate surface area is 310 Å². The van der Waals surface area contributed by atoms with Gasteiger partial charge in [0.25, 0.3) is 0 Å². The molecule has 7 nitrogen and oxygen atoms in total. The molecule has 0 saturated heterocycles. The van der Waals surface area contributed by atoms with Crippen LogP contribution in [-0.4, -0.2) is 19.9 Å². The monoisotopic (exact) mass is 759 g/mol. The maximum absolute atomic E-state index is 8.72. The van der Waals surface area contributed by atoms with Gasteiger partial charge in [-0.1, -0.05) is 62.6 Å². The van der Waals surface area contributed by atoms with Crippen molar-refractivity contribution in [1.82, 2.24) is 29.9 Å². The summed E-state index contributed by atoms with van der Waals surface area (Å²) in [5, 5.41) is 10.9. The molecule has 0 aliphatic carbocycles. The van der Waals surface area contributed by atoms with Crippen molar-refractivity contribution in [2.24, 2.45) is 0 Å². The van der Waals surface area contributed by atoms with Crippen LogP contribution in [0.4, 0.5) is 0 Å². The van der Waals surface area contributed by atoms with E-state index in [1.54, 1.807) is 18.5 Å². The molecule has 0 spiro atoms. The number of nitriles is 1. The fourth-order valence-electron chi connectivity index (χ4n) is 5.43. The standard InChI is InChI=1S/C23H23N3S.C18H12N4.Ru/c1-2-3-4-5-8-17-11-14-27-23(17)18-15-21(19-9-6-12-24-19)26-22(16-18)20-10-7-13-25-20;19-9-5-6-14-12-17(15-7-1-3-10-20-15)22-18(13-14)16-8-2-4-11-21-16;/h6-7,9-16H,2-5,8H2,1H3;1-8,10-13H;/q-2;;+2/b;6-5-;. The third-order valence-electron chi connectivity index (χ3n) is 7.82. The molecule has 7 heterocycles. The van der Waals surface area contributed by atoms with Gasteiger partial charge >= 0.3 is 19.5 Å². The van der Waals surface area contributed by atoms with Crippen molar-refractivity contribution in [3.05, 3.63) is 138 Å². The van der Waals surface area contributed by atoms with Gasteiger partial charge in [0.15, 0.2) is 0 Å². The summed E-state index contributed by atoms with van der Waals surface area (Å²) in [6.07, 6.45) is 16.6. The number of allylic oxidation sites excluding steroid dienone is 1. The summed E-state index contributed by atoms with van der Waals surface area (Å²) < 4.78 is 0. The van der Waals surface area contributed by atoms with Crippen LogP contribution in [0.5, 0.6) is 0 Å². The SMILES string of the molecule is CCCCCCc1ccsc1-c1cc(-c2ccc[n-]2)nc(-c2ccc[n-]2)c1.N#C/C=C\c1cc(-c2ccccn2)nc(-c2ccccn2)c1.[Ru+2]. The number of nitrogens with zero attached hydrogens (tertiary/aromatic N) is 7. The predicted octanol–water partition coefficient (Wildman–Crippen LogP) is 9.92. The van der Waals surface area contributed by atoms with Crippen molar-refractivity contribution < 1.29 is 19.5 Å². The van der Waals surface area contributed by atoms with Crippen LogP contribution in [0.15, 0.2) is 127 Å². The molecule has 248 valence electrons. The van der Waals surface area contributed by atoms with E-state index in [0.29, 0.717) is 0 Å². The molecule has 0 saturated carbocycles. The minimum Gasteiger partial charge on any atom is -0.662 e. The zero-order valence-corrected chi connectivity index (χ0v) is 30.2. The minimum absolute atomic E-state index is 0. The van der Waals surface area contributed by atoms with Gasteiger partial charge < -0.3 is 9.97 Å². The van der Waals surface area contributed by atoms with Gasteiger partial charge in [-0.2, -0.15) is 17.7 Å². The van der Waals surface area contributed by atoms with Gasteiger partial charge in [-0.3, -0.25) is 15.0 Å². The van der Waals surface area contributed by atoms with E-state index >= 15 is 0 Å². The zero-order valence-electron chi connectivity index (χ0n) is 27.6. The summed E-state index contributed by atoms with van der Waals surface area (Å²) >= 11 is 1.81. The average molecular weight is 759 g/mol. The van der Waals surface area contributed by atoms with Crippen LogP contribution in [0.1, 0.15) is 43.7 Å². The van der Waals surface area contributed by atoms with Crippen molar-refractivity contribution in [1.29, 1.82) is 5.26 Å². The molecule has 0 unspecified atom stereocenters. The number of rotatable bonds is 11. The molecule has 0 aromatic carbocycles. The first-order valence-electron chi connectivity index (χ1n) is 16.4. The van der Waals surface area contributed by atoms with Crippen molar-refractivity contribution in [2.75, 3.05) is 0 Å². The fourth-order valence-corrected chi connectivity index (χ4v) is 6.37. The van der Waals surface area contributed by atoms with Crippen molar-refractivity contribution >= 4 is 17.4 Å². The molecule has 0 radical (unpaired) electrons. The molecular weight excluding hydrogens is 724 g/mol. The number of hydrogen-bond acceptors (Lipinski definition) is 6. The smallest absolute Gasteiger partial charge is 0.662 e. The number of aromatic nitrogens is 6. The predicted molar refractivity (Wildman–Crippen MR) is 198 cm³/mol. The Kier molecular flexibility index (Phi) is 13.3. The molecule has 9 heteroatoms. The minimum atomic E-state index is 0. The maximum atomic E-state index is 8.72. The van der Waals surface area contributed by atoms with E-state index in [2.05, 4.69) is 55.4 Å². The fraction of sp³-hybridized carbons (Fsp3) is 0.146. The van der Waals surface area contributed by atoms with Crippen LogP contribution in [0, 0.1) is 11.3 Å². The van der Waals surface area contributed by atoms with Crippen LogP contribution in [-0.2, 0) is 25.9 Å². The van der Waals surface area contributed by atoms with E-state index < -0.39 is 0 Å². The summed E-state index contributed by atoms with van der Waals surface area (Å²) in [5.74, 6) is 0. The second kappa shape index (κ2) is 18.5. The van der Waals surface area contributed by atoms with Gasteiger partial charge in [-0.25, -0.2) is 4.98 Å². The Morgan fingerprint density at radius 2 is 1.32 bits per heavy atom. The number of thiophene rings is 1. The van der Waals surface area contributed by atoms with Crippen molar-refractivity contribution in [3.63, 3.8) is 0 Å². The third kappa shape index (κ3) is 9.44. The number of hydrogen-bond donors (Lipinski definition) is 0. The Morgan fingerprint density at radius 1 is 0.700 bits per heavy atom. The van der Waals surface area contributed by atoms with Gasteiger partial charge in [0.05, 0.1) is 28.8 Å². The molecule has 50 heavy (non-hydrogen) atoms. The summed E-state index contributed by atoms with van der Waals surface area (Å²) in [4.78, 5) is 28.4. The van der Waals surface area contributed by atoms with E-state index in [-0.39, 0.29) is 19.5 Å². The molecule has 0 bridgehead atoms. The molecule has 7 rings (SSSR count). The molecule has 0 amide bonds. The Morgan fingerprint density at radius 3 is 1.84 bits per heavy atom. The van der Waals surface area contributed by atoms with Crippen LogP contribution in [0.3, 0.4) is 0 Å². The van der Waals surface area contributed by atoms with E-state index in [0.717, 1.165) is 57.5 Å². The molecule has 0 fully saturated rings. The van der Waals surface area contributed by atoms with Crippen LogP contribution in [0.25, 0.3) is 62.1 Å². The van der Waals surface area contributed by atoms with Crippen LogP contribution in [0.2, 0.25) is 0 Å². The first-order chi connectivity index (χ1) is 24.2.